The van der Waals surface area contributed by atoms with E-state index in [1.165, 1.54) is 31.0 Å². The average molecular weight is 311 g/mol. The van der Waals surface area contributed by atoms with Gasteiger partial charge >= 0.3 is 0 Å². The first kappa shape index (κ1) is 16.1. The molecule has 1 saturated carbocycles. The van der Waals surface area contributed by atoms with Gasteiger partial charge in [0.2, 0.25) is 11.1 Å². The maximum absolute atomic E-state index is 11.7. The molecule has 0 radical (unpaired) electrons. The smallest absolute Gasteiger partial charge is 0.230 e. The fourth-order valence-electron chi connectivity index (χ4n) is 2.52. The lowest BCUT2D eigenvalue weighted by Crippen LogP contribution is -2.29. The van der Waals surface area contributed by atoms with Crippen molar-refractivity contribution in [2.45, 2.75) is 57.0 Å². The molecule has 1 aromatic rings. The predicted octanol–water partition coefficient (Wildman–Crippen LogP) is 1.90. The zero-order valence-electron chi connectivity index (χ0n) is 12.8. The number of carbonyl (C=O) groups excluding carboxylic acids is 1. The molecule has 0 atom stereocenters. The molecule has 0 aliphatic heterocycles. The van der Waals surface area contributed by atoms with E-state index in [0.717, 1.165) is 18.7 Å². The van der Waals surface area contributed by atoms with E-state index in [1.807, 2.05) is 0 Å². The zero-order chi connectivity index (χ0) is 15.2. The minimum absolute atomic E-state index is 0.0101. The highest BCUT2D eigenvalue weighted by atomic mass is 32.2. The number of nitrogens with zero attached hydrogens (tertiary/aromatic N) is 3. The molecule has 0 saturated heterocycles. The van der Waals surface area contributed by atoms with Crippen molar-refractivity contribution in [3.8, 4) is 0 Å². The van der Waals surface area contributed by atoms with Gasteiger partial charge in [0.1, 0.15) is 0 Å². The quantitative estimate of drug-likeness (QED) is 0.619. The molecule has 6 nitrogen and oxygen atoms in total. The van der Waals surface area contributed by atoms with Gasteiger partial charge in [-0.25, -0.2) is 4.68 Å². The van der Waals surface area contributed by atoms with Crippen molar-refractivity contribution in [3.63, 3.8) is 0 Å². The SMILES string of the molecule is CC(C)CNC(=O)CSc1nnc(C2CCCCC2)n1N. The first-order chi connectivity index (χ1) is 10.1. The Balaban J connectivity index is 1.86. The largest absolute Gasteiger partial charge is 0.355 e. The van der Waals surface area contributed by atoms with Crippen molar-refractivity contribution in [3.05, 3.63) is 5.82 Å². The molecule has 7 heteroatoms. The van der Waals surface area contributed by atoms with E-state index < -0.39 is 0 Å². The number of rotatable bonds is 6. The van der Waals surface area contributed by atoms with Gasteiger partial charge in [0.05, 0.1) is 5.75 Å². The second kappa shape index (κ2) is 7.68. The molecule has 0 unspecified atom stereocenters. The number of hydrogen-bond donors (Lipinski definition) is 2. The molecule has 0 aromatic carbocycles. The fourth-order valence-corrected chi connectivity index (χ4v) is 3.22. The summed E-state index contributed by atoms with van der Waals surface area (Å²) in [4.78, 5) is 11.7. The molecule has 1 aliphatic rings. The number of thioether (sulfide) groups is 1. The molecule has 0 bridgehead atoms. The van der Waals surface area contributed by atoms with E-state index in [9.17, 15) is 4.79 Å². The van der Waals surface area contributed by atoms with Gasteiger partial charge in [-0.15, -0.1) is 10.2 Å². The molecule has 1 aromatic heterocycles. The van der Waals surface area contributed by atoms with Crippen molar-refractivity contribution < 1.29 is 4.79 Å². The van der Waals surface area contributed by atoms with Gasteiger partial charge in [-0.3, -0.25) is 4.79 Å². The topological polar surface area (TPSA) is 85.8 Å². The summed E-state index contributed by atoms with van der Waals surface area (Å²) in [6, 6.07) is 0. The van der Waals surface area contributed by atoms with Crippen LogP contribution >= 0.6 is 11.8 Å². The summed E-state index contributed by atoms with van der Waals surface area (Å²) in [5.41, 5.74) is 0. The number of nitrogens with two attached hydrogens (primary N) is 1. The summed E-state index contributed by atoms with van der Waals surface area (Å²) in [7, 11) is 0. The van der Waals surface area contributed by atoms with Gasteiger partial charge < -0.3 is 11.2 Å². The molecule has 1 heterocycles. The third-order valence-electron chi connectivity index (χ3n) is 3.70. The molecular weight excluding hydrogens is 286 g/mol. The highest BCUT2D eigenvalue weighted by Gasteiger charge is 2.22. The van der Waals surface area contributed by atoms with Crippen LogP contribution in [0.1, 0.15) is 57.7 Å². The molecule has 2 rings (SSSR count). The number of nitrogen functional groups attached to an aromatic ring is 1. The Bertz CT molecular complexity index is 468. The Morgan fingerprint density at radius 1 is 1.38 bits per heavy atom. The molecule has 3 N–H and O–H groups in total. The van der Waals surface area contributed by atoms with Crippen LogP contribution in [0.25, 0.3) is 0 Å². The Labute approximate surface area is 130 Å². The predicted molar refractivity (Wildman–Crippen MR) is 84.6 cm³/mol. The van der Waals surface area contributed by atoms with Crippen LogP contribution in [-0.4, -0.2) is 33.1 Å². The molecule has 0 spiro atoms. The third-order valence-corrected chi connectivity index (χ3v) is 4.64. The molecular formula is C14H25N5OS. The van der Waals surface area contributed by atoms with Gasteiger partial charge in [0.15, 0.2) is 5.82 Å². The van der Waals surface area contributed by atoms with Crippen molar-refractivity contribution in [1.82, 2.24) is 20.2 Å². The van der Waals surface area contributed by atoms with Crippen LogP contribution in [0, 0.1) is 5.92 Å². The summed E-state index contributed by atoms with van der Waals surface area (Å²) in [5, 5.41) is 11.9. The van der Waals surface area contributed by atoms with E-state index in [1.54, 1.807) is 4.68 Å². The van der Waals surface area contributed by atoms with Crippen LogP contribution in [0.5, 0.6) is 0 Å². The summed E-state index contributed by atoms with van der Waals surface area (Å²) in [6.45, 7) is 4.84. The average Bonchev–Trinajstić information content (AvgIpc) is 2.85. The first-order valence-electron chi connectivity index (χ1n) is 7.67. The highest BCUT2D eigenvalue weighted by molar-refractivity contribution is 7.99. The van der Waals surface area contributed by atoms with Gasteiger partial charge in [0.25, 0.3) is 0 Å². The lowest BCUT2D eigenvalue weighted by atomic mass is 9.89. The van der Waals surface area contributed by atoms with E-state index in [-0.39, 0.29) is 5.91 Å². The van der Waals surface area contributed by atoms with Gasteiger partial charge in [0, 0.05) is 12.5 Å². The second-order valence-electron chi connectivity index (χ2n) is 6.03. The number of hydrogen-bond acceptors (Lipinski definition) is 5. The normalized spacial score (nSPS) is 16.3. The van der Waals surface area contributed by atoms with E-state index in [4.69, 9.17) is 5.84 Å². The lowest BCUT2D eigenvalue weighted by molar-refractivity contribution is -0.118. The van der Waals surface area contributed by atoms with Crippen molar-refractivity contribution in [2.24, 2.45) is 5.92 Å². The van der Waals surface area contributed by atoms with E-state index in [0.29, 0.717) is 29.3 Å². The van der Waals surface area contributed by atoms with Crippen LogP contribution in [-0.2, 0) is 4.79 Å². The minimum Gasteiger partial charge on any atom is -0.355 e. The Hall–Kier alpha value is -1.24. The maximum atomic E-state index is 11.7. The third kappa shape index (κ3) is 4.62. The first-order valence-corrected chi connectivity index (χ1v) is 8.66. The van der Waals surface area contributed by atoms with E-state index >= 15 is 0 Å². The standard InChI is InChI=1S/C14H25N5OS/c1-10(2)8-16-12(20)9-21-14-18-17-13(19(14)15)11-6-4-3-5-7-11/h10-11H,3-9,15H2,1-2H3,(H,16,20). The van der Waals surface area contributed by atoms with E-state index in [2.05, 4.69) is 29.4 Å². The Morgan fingerprint density at radius 3 is 2.76 bits per heavy atom. The van der Waals surface area contributed by atoms with Crippen molar-refractivity contribution in [1.29, 1.82) is 0 Å². The Morgan fingerprint density at radius 2 is 2.10 bits per heavy atom. The summed E-state index contributed by atoms with van der Waals surface area (Å²) < 4.78 is 1.57. The highest BCUT2D eigenvalue weighted by Crippen LogP contribution is 2.32. The van der Waals surface area contributed by atoms with Gasteiger partial charge in [-0.2, -0.15) is 0 Å². The summed E-state index contributed by atoms with van der Waals surface area (Å²) in [6.07, 6.45) is 6.03. The molecule has 21 heavy (non-hydrogen) atoms. The maximum Gasteiger partial charge on any atom is 0.230 e. The van der Waals surface area contributed by atoms with Crippen LogP contribution in [0.4, 0.5) is 0 Å². The van der Waals surface area contributed by atoms with Crippen molar-refractivity contribution >= 4 is 17.7 Å². The van der Waals surface area contributed by atoms with Crippen LogP contribution in [0.2, 0.25) is 0 Å². The Kier molecular flexibility index (Phi) is 5.90. The van der Waals surface area contributed by atoms with Crippen LogP contribution in [0.15, 0.2) is 5.16 Å². The molecule has 1 aliphatic carbocycles. The summed E-state index contributed by atoms with van der Waals surface area (Å²) in [5.74, 6) is 8.15. The molecule has 1 amide bonds. The van der Waals surface area contributed by atoms with Gasteiger partial charge in [-0.1, -0.05) is 44.9 Å². The lowest BCUT2D eigenvalue weighted by Gasteiger charge is -2.20. The minimum atomic E-state index is 0.0101. The summed E-state index contributed by atoms with van der Waals surface area (Å²) >= 11 is 1.34. The number of nitrogens with one attached hydrogen (secondary N) is 1. The monoisotopic (exact) mass is 311 g/mol. The van der Waals surface area contributed by atoms with Gasteiger partial charge in [-0.05, 0) is 18.8 Å². The molecule has 118 valence electrons. The molecule has 1 fully saturated rings. The fraction of sp³-hybridized carbons (Fsp3) is 0.786. The zero-order valence-corrected chi connectivity index (χ0v) is 13.7. The second-order valence-corrected chi connectivity index (χ2v) is 6.97. The number of aromatic nitrogens is 3. The number of amides is 1. The van der Waals surface area contributed by atoms with Crippen LogP contribution in [0.3, 0.4) is 0 Å². The van der Waals surface area contributed by atoms with Crippen molar-refractivity contribution in [2.75, 3.05) is 18.1 Å². The van der Waals surface area contributed by atoms with Crippen LogP contribution < -0.4 is 11.2 Å². The number of carbonyl (C=O) groups is 1.